The van der Waals surface area contributed by atoms with Crippen LogP contribution in [0.15, 0.2) is 24.3 Å². The number of hydrogen-bond donors (Lipinski definition) is 3. The van der Waals surface area contributed by atoms with Crippen molar-refractivity contribution in [2.24, 2.45) is 5.92 Å². The smallest absolute Gasteiger partial charge is 0.317 e. The highest BCUT2D eigenvalue weighted by Crippen LogP contribution is 2.18. The van der Waals surface area contributed by atoms with Gasteiger partial charge in [-0.25, -0.2) is 4.79 Å². The first-order chi connectivity index (χ1) is 11.2. The van der Waals surface area contributed by atoms with Crippen molar-refractivity contribution >= 4 is 11.9 Å². The zero-order valence-electron chi connectivity index (χ0n) is 13.3. The summed E-state index contributed by atoms with van der Waals surface area (Å²) in [6.45, 7) is 4.51. The summed E-state index contributed by atoms with van der Waals surface area (Å²) in [4.78, 5) is 25.6. The van der Waals surface area contributed by atoms with E-state index in [0.717, 1.165) is 30.6 Å². The molecule has 2 fully saturated rings. The second-order valence-electron chi connectivity index (χ2n) is 6.19. The Hall–Kier alpha value is -2.08. The highest BCUT2D eigenvalue weighted by atomic mass is 16.2. The lowest BCUT2D eigenvalue weighted by molar-refractivity contribution is 0.0949. The third-order valence-electron chi connectivity index (χ3n) is 4.55. The van der Waals surface area contributed by atoms with Crippen molar-refractivity contribution in [3.63, 3.8) is 0 Å². The molecule has 0 radical (unpaired) electrons. The van der Waals surface area contributed by atoms with Gasteiger partial charge in [-0.1, -0.05) is 18.2 Å². The molecule has 0 saturated carbocycles. The van der Waals surface area contributed by atoms with Crippen LogP contribution in [0.1, 0.15) is 22.3 Å². The fourth-order valence-corrected chi connectivity index (χ4v) is 3.24. The molecule has 3 amide bonds. The SMILES string of the molecule is O=C(NCCN1CCNC1=O)c1ccccc1CC1CCNC1. The van der Waals surface area contributed by atoms with Crippen LogP contribution in [0.3, 0.4) is 0 Å². The van der Waals surface area contributed by atoms with E-state index in [4.69, 9.17) is 0 Å². The monoisotopic (exact) mass is 316 g/mol. The van der Waals surface area contributed by atoms with E-state index in [9.17, 15) is 9.59 Å². The van der Waals surface area contributed by atoms with E-state index in [1.54, 1.807) is 4.90 Å². The Kier molecular flexibility index (Phi) is 5.12. The summed E-state index contributed by atoms with van der Waals surface area (Å²) >= 11 is 0. The topological polar surface area (TPSA) is 73.5 Å². The van der Waals surface area contributed by atoms with Gasteiger partial charge in [-0.05, 0) is 43.5 Å². The van der Waals surface area contributed by atoms with Gasteiger partial charge < -0.3 is 20.9 Å². The second-order valence-corrected chi connectivity index (χ2v) is 6.19. The molecule has 0 aliphatic carbocycles. The first-order valence-corrected chi connectivity index (χ1v) is 8.33. The van der Waals surface area contributed by atoms with E-state index >= 15 is 0 Å². The summed E-state index contributed by atoms with van der Waals surface area (Å²) < 4.78 is 0. The summed E-state index contributed by atoms with van der Waals surface area (Å²) in [6.07, 6.45) is 2.10. The number of amides is 3. The number of rotatable bonds is 6. The van der Waals surface area contributed by atoms with Gasteiger partial charge in [0.05, 0.1) is 0 Å². The van der Waals surface area contributed by atoms with Crippen molar-refractivity contribution in [2.75, 3.05) is 39.3 Å². The van der Waals surface area contributed by atoms with E-state index in [0.29, 0.717) is 32.1 Å². The molecule has 23 heavy (non-hydrogen) atoms. The second kappa shape index (κ2) is 7.46. The molecule has 0 bridgehead atoms. The number of benzene rings is 1. The van der Waals surface area contributed by atoms with E-state index in [-0.39, 0.29) is 11.9 Å². The zero-order valence-corrected chi connectivity index (χ0v) is 13.3. The lowest BCUT2D eigenvalue weighted by Gasteiger charge is -2.16. The summed E-state index contributed by atoms with van der Waals surface area (Å²) in [6, 6.07) is 7.77. The maximum atomic E-state index is 12.4. The van der Waals surface area contributed by atoms with Gasteiger partial charge in [0.2, 0.25) is 0 Å². The molecule has 0 aromatic heterocycles. The minimum atomic E-state index is -0.0499. The predicted octanol–water partition coefficient (Wildman–Crippen LogP) is 0.594. The quantitative estimate of drug-likeness (QED) is 0.719. The Morgan fingerprint density at radius 2 is 2.17 bits per heavy atom. The molecule has 3 rings (SSSR count). The minimum Gasteiger partial charge on any atom is -0.350 e. The Morgan fingerprint density at radius 1 is 1.30 bits per heavy atom. The lowest BCUT2D eigenvalue weighted by atomic mass is 9.94. The van der Waals surface area contributed by atoms with Crippen LogP contribution in [0.5, 0.6) is 0 Å². The van der Waals surface area contributed by atoms with Gasteiger partial charge in [-0.15, -0.1) is 0 Å². The fourth-order valence-electron chi connectivity index (χ4n) is 3.24. The van der Waals surface area contributed by atoms with Crippen molar-refractivity contribution in [1.82, 2.24) is 20.9 Å². The van der Waals surface area contributed by atoms with Crippen molar-refractivity contribution in [3.8, 4) is 0 Å². The predicted molar refractivity (Wildman–Crippen MR) is 88.4 cm³/mol. The van der Waals surface area contributed by atoms with Crippen LogP contribution in [0.2, 0.25) is 0 Å². The average Bonchev–Trinajstić information content (AvgIpc) is 3.20. The molecule has 0 spiro atoms. The van der Waals surface area contributed by atoms with Crippen LogP contribution in [-0.4, -0.2) is 56.1 Å². The molecule has 1 aromatic rings. The van der Waals surface area contributed by atoms with Crippen LogP contribution in [-0.2, 0) is 6.42 Å². The highest BCUT2D eigenvalue weighted by Gasteiger charge is 2.20. The molecule has 2 heterocycles. The molecule has 1 unspecified atom stereocenters. The number of carbonyl (C=O) groups is 2. The van der Waals surface area contributed by atoms with Gasteiger partial charge >= 0.3 is 6.03 Å². The summed E-state index contributed by atoms with van der Waals surface area (Å²) in [5.74, 6) is 0.559. The Morgan fingerprint density at radius 3 is 2.91 bits per heavy atom. The van der Waals surface area contributed by atoms with Crippen LogP contribution < -0.4 is 16.0 Å². The maximum Gasteiger partial charge on any atom is 0.317 e. The Labute approximate surface area is 136 Å². The summed E-state index contributed by atoms with van der Waals surface area (Å²) in [5.41, 5.74) is 1.86. The molecule has 6 nitrogen and oxygen atoms in total. The lowest BCUT2D eigenvalue weighted by Crippen LogP contribution is -2.37. The summed E-state index contributed by atoms with van der Waals surface area (Å²) in [7, 11) is 0. The first kappa shape index (κ1) is 15.8. The van der Waals surface area contributed by atoms with Crippen LogP contribution in [0, 0.1) is 5.92 Å². The molecular formula is C17H24N4O2. The standard InChI is InChI=1S/C17H24N4O2/c22-16(19-7-9-21-10-8-20-17(21)23)15-4-2-1-3-14(15)11-13-5-6-18-12-13/h1-4,13,18H,5-12H2,(H,19,22)(H,20,23). The maximum absolute atomic E-state index is 12.4. The van der Waals surface area contributed by atoms with Crippen LogP contribution >= 0.6 is 0 Å². The number of carbonyl (C=O) groups excluding carboxylic acids is 2. The first-order valence-electron chi connectivity index (χ1n) is 8.33. The molecule has 3 N–H and O–H groups in total. The van der Waals surface area contributed by atoms with E-state index < -0.39 is 0 Å². The number of nitrogens with one attached hydrogen (secondary N) is 3. The number of hydrogen-bond acceptors (Lipinski definition) is 3. The minimum absolute atomic E-state index is 0.0478. The highest BCUT2D eigenvalue weighted by molar-refractivity contribution is 5.95. The van der Waals surface area contributed by atoms with Crippen molar-refractivity contribution in [2.45, 2.75) is 12.8 Å². The van der Waals surface area contributed by atoms with E-state index in [1.807, 2.05) is 24.3 Å². The van der Waals surface area contributed by atoms with Crippen molar-refractivity contribution < 1.29 is 9.59 Å². The van der Waals surface area contributed by atoms with Gasteiger partial charge in [-0.2, -0.15) is 0 Å². The van der Waals surface area contributed by atoms with Gasteiger partial charge in [0.15, 0.2) is 0 Å². The van der Waals surface area contributed by atoms with E-state index in [2.05, 4.69) is 16.0 Å². The Balaban J connectivity index is 1.54. The van der Waals surface area contributed by atoms with Crippen molar-refractivity contribution in [3.05, 3.63) is 35.4 Å². The van der Waals surface area contributed by atoms with Gasteiger partial charge in [0, 0.05) is 31.7 Å². The zero-order chi connectivity index (χ0) is 16.1. The van der Waals surface area contributed by atoms with Gasteiger partial charge in [0.25, 0.3) is 5.91 Å². The molecule has 1 atom stereocenters. The van der Waals surface area contributed by atoms with E-state index in [1.165, 1.54) is 6.42 Å². The average molecular weight is 316 g/mol. The third-order valence-corrected chi connectivity index (χ3v) is 4.55. The van der Waals surface area contributed by atoms with Gasteiger partial charge in [0.1, 0.15) is 0 Å². The number of urea groups is 1. The van der Waals surface area contributed by atoms with Gasteiger partial charge in [-0.3, -0.25) is 4.79 Å². The fraction of sp³-hybridized carbons (Fsp3) is 0.529. The molecule has 6 heteroatoms. The summed E-state index contributed by atoms with van der Waals surface area (Å²) in [5, 5.41) is 9.06. The van der Waals surface area contributed by atoms with Crippen LogP contribution in [0.4, 0.5) is 4.79 Å². The normalized spacial score (nSPS) is 20.6. The third kappa shape index (κ3) is 4.01. The molecule has 2 aliphatic heterocycles. The molecule has 2 saturated heterocycles. The Bertz CT molecular complexity index is 569. The van der Waals surface area contributed by atoms with Crippen molar-refractivity contribution in [1.29, 1.82) is 0 Å². The molecule has 1 aromatic carbocycles. The molecular weight excluding hydrogens is 292 g/mol. The largest absolute Gasteiger partial charge is 0.350 e. The molecule has 2 aliphatic rings. The number of nitrogens with zero attached hydrogens (tertiary/aromatic N) is 1. The van der Waals surface area contributed by atoms with Crippen LogP contribution in [0.25, 0.3) is 0 Å². The molecule has 124 valence electrons.